The number of aromatic nitrogens is 4. The number of amides is 2. The molecule has 16 atom stereocenters. The number of esters is 2. The van der Waals surface area contributed by atoms with Crippen LogP contribution in [0.1, 0.15) is 148 Å². The molecule has 2 bridgehead atoms. The fraction of sp³-hybridized carbons (Fsp3) is 0.667. The lowest BCUT2D eigenvalue weighted by Gasteiger charge is -2.42. The van der Waals surface area contributed by atoms with Crippen molar-refractivity contribution >= 4 is 53.0 Å². The van der Waals surface area contributed by atoms with Crippen LogP contribution in [0.4, 0.5) is 11.9 Å². The molecule has 1 aliphatic carbocycles. The lowest BCUT2D eigenvalue weighted by atomic mass is 9.78. The average Bonchev–Trinajstić information content (AvgIpc) is 0.788. The molecular weight excluding hydrogens is 1200 g/mol. The molecule has 2 amide bonds. The van der Waals surface area contributed by atoms with Gasteiger partial charge < -0.3 is 63.8 Å². The highest BCUT2D eigenvalue weighted by Crippen LogP contribution is 2.39. The minimum atomic E-state index is -2.48. The zero-order valence-corrected chi connectivity index (χ0v) is 56.1. The Hall–Kier alpha value is -6.67. The molecule has 512 valence electrons. The number of rotatable bonds is 14. The maximum absolute atomic E-state index is 14.7. The number of aryl methyl sites for hydroxylation is 1. The molecule has 6 heterocycles. The van der Waals surface area contributed by atoms with Gasteiger partial charge >= 0.3 is 11.9 Å². The van der Waals surface area contributed by atoms with E-state index < -0.39 is 102 Å². The van der Waals surface area contributed by atoms with Crippen molar-refractivity contribution in [1.82, 2.24) is 30.2 Å². The van der Waals surface area contributed by atoms with E-state index in [-0.39, 0.29) is 74.2 Å². The monoisotopic (exact) mass is 1300 g/mol. The number of piperidine rings is 1. The Morgan fingerprint density at radius 2 is 1.53 bits per heavy atom. The van der Waals surface area contributed by atoms with Crippen LogP contribution >= 0.6 is 0 Å². The second-order valence-electron chi connectivity index (χ2n) is 26.3. The van der Waals surface area contributed by atoms with Gasteiger partial charge in [-0.1, -0.05) is 71.1 Å². The van der Waals surface area contributed by atoms with Gasteiger partial charge in [-0.3, -0.25) is 28.8 Å². The molecule has 4 aliphatic heterocycles. The summed E-state index contributed by atoms with van der Waals surface area (Å²) in [5, 5.41) is 36.6. The molecule has 3 saturated heterocycles. The first-order valence-electron chi connectivity index (χ1n) is 33.1. The van der Waals surface area contributed by atoms with E-state index in [0.717, 1.165) is 5.57 Å². The van der Waals surface area contributed by atoms with Crippen LogP contribution in [-0.2, 0) is 63.6 Å². The van der Waals surface area contributed by atoms with Gasteiger partial charge in [0, 0.05) is 116 Å². The van der Waals surface area contributed by atoms with Crippen LogP contribution in [0.25, 0.3) is 0 Å². The Kier molecular flexibility index (Phi) is 27.5. The molecule has 5 aliphatic rings. The van der Waals surface area contributed by atoms with Crippen molar-refractivity contribution in [2.24, 2.45) is 35.5 Å². The highest BCUT2D eigenvalue weighted by atomic mass is 16.6. The van der Waals surface area contributed by atoms with Gasteiger partial charge in [0.25, 0.3) is 17.6 Å². The summed E-state index contributed by atoms with van der Waals surface area (Å²) in [6.45, 7) is 13.8. The number of piperazine rings is 1. The molecule has 24 nitrogen and oxygen atoms in total. The smallest absolute Gasteiger partial charge is 0.329 e. The van der Waals surface area contributed by atoms with E-state index in [9.17, 15) is 48.9 Å². The summed E-state index contributed by atoms with van der Waals surface area (Å²) in [6.07, 6.45) is 16.6. The summed E-state index contributed by atoms with van der Waals surface area (Å²) in [7, 11) is 6.03. The largest absolute Gasteiger partial charge is 0.460 e. The zero-order chi connectivity index (χ0) is 67.7. The van der Waals surface area contributed by atoms with Crippen molar-refractivity contribution in [1.29, 1.82) is 0 Å². The van der Waals surface area contributed by atoms with Gasteiger partial charge in [-0.25, -0.2) is 24.7 Å². The number of carbonyl (C=O) groups is 7. The van der Waals surface area contributed by atoms with Crippen molar-refractivity contribution in [3.05, 3.63) is 83.5 Å². The van der Waals surface area contributed by atoms with E-state index in [0.29, 0.717) is 112 Å². The molecule has 1 saturated carbocycles. The van der Waals surface area contributed by atoms with Gasteiger partial charge in [0.2, 0.25) is 17.7 Å². The molecular formula is C69H100N8O16. The number of cyclic esters (lactones) is 1. The number of aliphatic hydroxyl groups excluding tert-OH is 2. The molecule has 4 fully saturated rings. The van der Waals surface area contributed by atoms with E-state index >= 15 is 0 Å². The van der Waals surface area contributed by atoms with E-state index in [1.165, 1.54) is 31.5 Å². The Morgan fingerprint density at radius 1 is 0.806 bits per heavy atom. The summed E-state index contributed by atoms with van der Waals surface area (Å²) in [5.41, 5.74) is 2.26. The van der Waals surface area contributed by atoms with Crippen molar-refractivity contribution < 1.29 is 77.3 Å². The first-order chi connectivity index (χ1) is 44.4. The molecule has 2 aromatic heterocycles. The first kappa shape index (κ1) is 73.7. The number of hydrogen-bond donors (Lipinski definition) is 4. The highest BCUT2D eigenvalue weighted by molar-refractivity contribution is 6.39. The molecule has 0 aromatic carbocycles. The summed E-state index contributed by atoms with van der Waals surface area (Å²) in [4.78, 5) is 120. The average molecular weight is 1300 g/mol. The summed E-state index contributed by atoms with van der Waals surface area (Å²) in [6, 6.07) is -1.57. The Balaban J connectivity index is 1.03. The van der Waals surface area contributed by atoms with Gasteiger partial charge in [-0.05, 0) is 119 Å². The van der Waals surface area contributed by atoms with Gasteiger partial charge in [0.15, 0.2) is 5.78 Å². The number of anilines is 2. The van der Waals surface area contributed by atoms with Crippen LogP contribution in [0.5, 0.6) is 0 Å². The SMILES string of the molecule is CNC(=O)c1cnc(N2CCN(c3ncc(CCC(=O)O[C@@H]4CC[C@@H](C[C@@H](C)[C@@H]5CC(=O)[C@H](C)/C=C(\C)[C@@H](O)[C@@H](OC)C(=O)[C@H](C)C[C@H](C)/C=C/C=C/C=C(\C)[C@@H](OC)C[C@@H]6CC[C@@H](C)[C@@](O)(O6)C(=O)C(=O)N6CCCC[C@H]6C(=O)O5)C[C@H]4OC)cn3)C(CO)C2)nc1. The second kappa shape index (κ2) is 34.7. The number of ketones is 3. The van der Waals surface area contributed by atoms with E-state index in [2.05, 4.69) is 25.3 Å². The van der Waals surface area contributed by atoms with Crippen molar-refractivity contribution in [3.8, 4) is 0 Å². The van der Waals surface area contributed by atoms with Gasteiger partial charge in [-0.15, -0.1) is 0 Å². The van der Waals surface area contributed by atoms with E-state index in [1.807, 2.05) is 61.0 Å². The van der Waals surface area contributed by atoms with Crippen LogP contribution in [0.2, 0.25) is 0 Å². The number of allylic oxidation sites excluding steroid dienone is 6. The Morgan fingerprint density at radius 3 is 2.20 bits per heavy atom. The number of Topliss-reactive ketones (excluding diaryl/α,β-unsaturated/α-hetero) is 3. The molecule has 4 N–H and O–H groups in total. The number of hydrogen-bond acceptors (Lipinski definition) is 22. The van der Waals surface area contributed by atoms with Gasteiger partial charge in [0.05, 0.1) is 36.5 Å². The normalized spacial score (nSPS) is 33.4. The van der Waals surface area contributed by atoms with Crippen molar-refractivity contribution in [2.45, 2.75) is 199 Å². The predicted molar refractivity (Wildman–Crippen MR) is 345 cm³/mol. The van der Waals surface area contributed by atoms with Crippen LogP contribution in [0.3, 0.4) is 0 Å². The summed E-state index contributed by atoms with van der Waals surface area (Å²) < 4.78 is 36.1. The van der Waals surface area contributed by atoms with Crippen LogP contribution in [0.15, 0.2) is 72.4 Å². The first-order valence-corrected chi connectivity index (χ1v) is 33.1. The maximum atomic E-state index is 14.7. The highest BCUT2D eigenvalue weighted by Gasteiger charge is 2.53. The molecule has 0 radical (unpaired) electrons. The molecule has 93 heavy (non-hydrogen) atoms. The number of nitrogens with one attached hydrogen (secondary N) is 1. The molecule has 24 heteroatoms. The molecule has 2 aromatic rings. The summed E-state index contributed by atoms with van der Waals surface area (Å²) >= 11 is 0. The minimum Gasteiger partial charge on any atom is -0.460 e. The quantitative estimate of drug-likeness (QED) is 0.0958. The van der Waals surface area contributed by atoms with Gasteiger partial charge in [-0.2, -0.15) is 0 Å². The third kappa shape index (κ3) is 19.3. The zero-order valence-electron chi connectivity index (χ0n) is 56.1. The van der Waals surface area contributed by atoms with Crippen LogP contribution in [-0.4, -0.2) is 203 Å². The Bertz CT molecular complexity index is 3000. The number of aliphatic hydroxyl groups is 3. The number of nitrogens with zero attached hydrogens (tertiary/aromatic N) is 7. The van der Waals surface area contributed by atoms with Crippen molar-refractivity contribution in [3.63, 3.8) is 0 Å². The van der Waals surface area contributed by atoms with Crippen molar-refractivity contribution in [2.75, 3.05) is 71.0 Å². The summed E-state index contributed by atoms with van der Waals surface area (Å²) in [5.74, 6) is -8.49. The lowest BCUT2D eigenvalue weighted by Crippen LogP contribution is -2.61. The molecule has 0 spiro atoms. The van der Waals surface area contributed by atoms with Crippen LogP contribution in [0, 0.1) is 35.5 Å². The topological polar surface area (TPSA) is 309 Å². The lowest BCUT2D eigenvalue weighted by molar-refractivity contribution is -0.265. The molecule has 7 rings (SSSR count). The number of ether oxygens (including phenoxy) is 6. The third-order valence-electron chi connectivity index (χ3n) is 19.4. The second-order valence-corrected chi connectivity index (χ2v) is 26.3. The third-order valence-corrected chi connectivity index (χ3v) is 19.4. The number of methoxy groups -OCH3 is 3. The maximum Gasteiger partial charge on any atom is 0.329 e. The fourth-order valence-electron chi connectivity index (χ4n) is 13.5. The van der Waals surface area contributed by atoms with Gasteiger partial charge in [0.1, 0.15) is 36.2 Å². The molecule has 1 unspecified atom stereocenters. The minimum absolute atomic E-state index is 0.0157. The predicted octanol–water partition coefficient (Wildman–Crippen LogP) is 5.99. The Labute approximate surface area is 547 Å². The standard InChI is InChI=1S/C69H100N8O16/c1-41-17-13-12-14-18-42(2)56(88-9)33-52-23-20-47(7)69(87,93-52)63(83)65(85)77-26-16-15-19-53(77)66(86)92-57(34-54(79)43(3)30-46(6)61(82)62(90-11)60(81)45(5)29-41)44(4)31-48-21-24-55(58(32-48)89-10)91-59(80)25-22-49-35-71-68(72-36-49)76-28-27-75(39-51(76)40-78)67-73-37-50(38-74-67)64(84)70-8/h12-14,17-18,30,35-38,41,43-45,47-48,51-53,55-58,61-62,78,82,87H,15-16,19-29,31-34,39-40H2,1-11H3,(H,70,84)/b14-12+,17-13+,42-18+,46-30+/t41-,43-,44-,45-,47-,48+,51?,52+,53+,55-,56+,57+,58-,61-,62+,69-/m1/s1. The number of fused-ring (bicyclic) bond motifs is 3. The van der Waals surface area contributed by atoms with E-state index in [4.69, 9.17) is 28.4 Å². The number of carbonyl (C=O) groups excluding carboxylic acids is 7. The fourth-order valence-corrected chi connectivity index (χ4v) is 13.5. The van der Waals surface area contributed by atoms with Crippen LogP contribution < -0.4 is 15.1 Å². The van der Waals surface area contributed by atoms with E-state index in [1.54, 1.807) is 60.4 Å².